The normalized spacial score (nSPS) is 16.8. The highest BCUT2D eigenvalue weighted by Gasteiger charge is 2.30. The number of para-hydroxylation sites is 1. The number of carbonyl (C=O) groups is 1. The van der Waals surface area contributed by atoms with E-state index in [9.17, 15) is 4.79 Å². The van der Waals surface area contributed by atoms with Gasteiger partial charge in [0.2, 0.25) is 0 Å². The molecule has 0 radical (unpaired) electrons. The van der Waals surface area contributed by atoms with Gasteiger partial charge in [0.15, 0.2) is 0 Å². The molecule has 1 amide bonds. The summed E-state index contributed by atoms with van der Waals surface area (Å²) in [6.07, 6.45) is 2.42. The van der Waals surface area contributed by atoms with Crippen molar-refractivity contribution in [3.63, 3.8) is 0 Å². The maximum Gasteiger partial charge on any atom is 0.272 e. The number of nitrogens with zero attached hydrogens (tertiary/aromatic N) is 2. The van der Waals surface area contributed by atoms with Crippen LogP contribution >= 0.6 is 0 Å². The number of nitrogens with one attached hydrogen (secondary N) is 1. The van der Waals surface area contributed by atoms with Gasteiger partial charge in [0.1, 0.15) is 23.2 Å². The average Bonchev–Trinajstić information content (AvgIpc) is 3.32. The summed E-state index contributed by atoms with van der Waals surface area (Å²) in [5, 5.41) is 0. The van der Waals surface area contributed by atoms with E-state index in [2.05, 4.69) is 9.97 Å². The van der Waals surface area contributed by atoms with Gasteiger partial charge in [-0.15, -0.1) is 0 Å². The molecule has 1 saturated heterocycles. The van der Waals surface area contributed by atoms with Crippen molar-refractivity contribution in [2.75, 3.05) is 13.1 Å². The molecule has 1 fully saturated rings. The highest BCUT2D eigenvalue weighted by atomic mass is 16.5. The molecule has 1 aliphatic heterocycles. The first kappa shape index (κ1) is 15.4. The van der Waals surface area contributed by atoms with Gasteiger partial charge in [-0.2, -0.15) is 0 Å². The average molecular weight is 333 g/mol. The zero-order valence-electron chi connectivity index (χ0n) is 13.8. The topological polar surface area (TPSA) is 58.2 Å². The largest absolute Gasteiger partial charge is 0.489 e. The fourth-order valence-electron chi connectivity index (χ4n) is 3.13. The molecular formula is C20H19N3O2. The van der Waals surface area contributed by atoms with Crippen LogP contribution in [-0.2, 0) is 0 Å². The van der Waals surface area contributed by atoms with Crippen LogP contribution < -0.4 is 4.74 Å². The summed E-state index contributed by atoms with van der Waals surface area (Å²) in [5.74, 6) is 0.809. The molecule has 5 nitrogen and oxygen atoms in total. The number of hydrogen-bond acceptors (Lipinski definition) is 3. The molecule has 0 bridgehead atoms. The number of aromatic nitrogens is 2. The maximum atomic E-state index is 12.9. The zero-order chi connectivity index (χ0) is 17.1. The molecule has 1 N–H and O–H groups in total. The first-order chi connectivity index (χ1) is 12.3. The van der Waals surface area contributed by atoms with Gasteiger partial charge >= 0.3 is 0 Å². The van der Waals surface area contributed by atoms with Gasteiger partial charge in [-0.25, -0.2) is 4.98 Å². The Bertz CT molecular complexity index is 846. The van der Waals surface area contributed by atoms with Gasteiger partial charge in [-0.05, 0) is 12.1 Å². The van der Waals surface area contributed by atoms with E-state index in [-0.39, 0.29) is 12.0 Å². The minimum absolute atomic E-state index is 0.0226. The second-order valence-electron chi connectivity index (χ2n) is 6.08. The summed E-state index contributed by atoms with van der Waals surface area (Å²) < 4.78 is 5.97. The molecule has 4 rings (SSSR count). The molecule has 1 atom stereocenters. The number of H-pyrrole nitrogens is 1. The first-order valence-electron chi connectivity index (χ1n) is 8.41. The van der Waals surface area contributed by atoms with Gasteiger partial charge < -0.3 is 14.6 Å². The molecule has 25 heavy (non-hydrogen) atoms. The number of amides is 1. The van der Waals surface area contributed by atoms with E-state index in [1.807, 2.05) is 65.6 Å². The minimum Gasteiger partial charge on any atom is -0.489 e. The van der Waals surface area contributed by atoms with Crippen LogP contribution in [0, 0.1) is 0 Å². The van der Waals surface area contributed by atoms with Crippen LogP contribution in [0.3, 0.4) is 0 Å². The third-order valence-corrected chi connectivity index (χ3v) is 4.38. The quantitative estimate of drug-likeness (QED) is 0.796. The lowest BCUT2D eigenvalue weighted by Gasteiger charge is -2.17. The lowest BCUT2D eigenvalue weighted by atomic mass is 10.1. The molecule has 0 spiro atoms. The number of hydrogen-bond donors (Lipinski definition) is 1. The predicted molar refractivity (Wildman–Crippen MR) is 95.4 cm³/mol. The lowest BCUT2D eigenvalue weighted by Crippen LogP contribution is -2.31. The van der Waals surface area contributed by atoms with Crippen molar-refractivity contribution < 1.29 is 9.53 Å². The van der Waals surface area contributed by atoms with Crippen molar-refractivity contribution in [3.8, 4) is 17.0 Å². The minimum atomic E-state index is -0.0319. The van der Waals surface area contributed by atoms with E-state index >= 15 is 0 Å². The number of imidazole rings is 1. The summed E-state index contributed by atoms with van der Waals surface area (Å²) in [7, 11) is 0. The highest BCUT2D eigenvalue weighted by molar-refractivity contribution is 5.98. The molecule has 3 aromatic rings. The van der Waals surface area contributed by atoms with Crippen molar-refractivity contribution in [3.05, 3.63) is 72.7 Å². The molecule has 0 aliphatic carbocycles. The van der Waals surface area contributed by atoms with E-state index in [0.29, 0.717) is 24.5 Å². The third-order valence-electron chi connectivity index (χ3n) is 4.38. The molecule has 0 saturated carbocycles. The Morgan fingerprint density at radius 3 is 2.56 bits per heavy atom. The van der Waals surface area contributed by atoms with Crippen molar-refractivity contribution in [1.29, 1.82) is 0 Å². The van der Waals surface area contributed by atoms with Crippen LogP contribution in [-0.4, -0.2) is 40.0 Å². The Kier molecular flexibility index (Phi) is 4.21. The van der Waals surface area contributed by atoms with E-state index in [1.54, 1.807) is 6.33 Å². The van der Waals surface area contributed by atoms with Crippen molar-refractivity contribution >= 4 is 5.91 Å². The number of ether oxygens (including phenoxy) is 1. The highest BCUT2D eigenvalue weighted by Crippen LogP contribution is 2.24. The van der Waals surface area contributed by atoms with Crippen molar-refractivity contribution in [2.45, 2.75) is 12.5 Å². The Hall–Kier alpha value is -3.08. The number of carbonyl (C=O) groups excluding carboxylic acids is 1. The monoisotopic (exact) mass is 333 g/mol. The van der Waals surface area contributed by atoms with E-state index < -0.39 is 0 Å². The van der Waals surface area contributed by atoms with Crippen LogP contribution in [0.1, 0.15) is 16.9 Å². The van der Waals surface area contributed by atoms with Crippen LogP contribution in [0.2, 0.25) is 0 Å². The van der Waals surface area contributed by atoms with Gasteiger partial charge in [-0.3, -0.25) is 4.79 Å². The number of rotatable bonds is 4. The fraction of sp³-hybridized carbons (Fsp3) is 0.200. The second kappa shape index (κ2) is 6.81. The molecule has 2 aromatic carbocycles. The first-order valence-corrected chi connectivity index (χ1v) is 8.41. The fourth-order valence-corrected chi connectivity index (χ4v) is 3.13. The van der Waals surface area contributed by atoms with E-state index in [0.717, 1.165) is 17.7 Å². The number of likely N-dealkylation sites (tertiary alicyclic amines) is 1. The Labute approximate surface area is 146 Å². The van der Waals surface area contributed by atoms with Crippen molar-refractivity contribution in [2.24, 2.45) is 0 Å². The van der Waals surface area contributed by atoms with Gasteiger partial charge in [0.25, 0.3) is 5.91 Å². The van der Waals surface area contributed by atoms with E-state index in [1.165, 1.54) is 0 Å². The zero-order valence-corrected chi connectivity index (χ0v) is 13.8. The molecule has 5 heteroatoms. The molecule has 2 heterocycles. The molecule has 1 aromatic heterocycles. The van der Waals surface area contributed by atoms with Crippen LogP contribution in [0.4, 0.5) is 0 Å². The van der Waals surface area contributed by atoms with Crippen LogP contribution in [0.25, 0.3) is 11.3 Å². The van der Waals surface area contributed by atoms with Gasteiger partial charge in [0, 0.05) is 18.5 Å². The van der Waals surface area contributed by atoms with Crippen molar-refractivity contribution in [1.82, 2.24) is 14.9 Å². The number of aromatic amines is 1. The molecule has 1 unspecified atom stereocenters. The molecule has 126 valence electrons. The van der Waals surface area contributed by atoms with Gasteiger partial charge in [0.05, 0.1) is 12.9 Å². The second-order valence-corrected chi connectivity index (χ2v) is 6.08. The maximum absolute atomic E-state index is 12.9. The summed E-state index contributed by atoms with van der Waals surface area (Å²) in [6.45, 7) is 1.27. The SMILES string of the molecule is O=C(c1[nH]cnc1-c1ccccc1)N1CCC(Oc2ccccc2)C1. The Morgan fingerprint density at radius 1 is 1.08 bits per heavy atom. The summed E-state index contributed by atoms with van der Waals surface area (Å²) in [6, 6.07) is 19.5. The predicted octanol–water partition coefficient (Wildman–Crippen LogP) is 3.37. The summed E-state index contributed by atoms with van der Waals surface area (Å²) in [4.78, 5) is 22.1. The standard InChI is InChI=1S/C20H19N3O2/c24-20(19-18(21-14-22-19)15-7-3-1-4-8-15)23-12-11-17(13-23)25-16-9-5-2-6-10-16/h1-10,14,17H,11-13H2,(H,21,22). The number of benzene rings is 2. The smallest absolute Gasteiger partial charge is 0.272 e. The Balaban J connectivity index is 1.47. The lowest BCUT2D eigenvalue weighted by molar-refractivity contribution is 0.0768. The van der Waals surface area contributed by atoms with Crippen LogP contribution in [0.15, 0.2) is 67.0 Å². The Morgan fingerprint density at radius 2 is 1.80 bits per heavy atom. The summed E-state index contributed by atoms with van der Waals surface area (Å²) in [5.41, 5.74) is 2.16. The van der Waals surface area contributed by atoms with Crippen LogP contribution in [0.5, 0.6) is 5.75 Å². The van der Waals surface area contributed by atoms with Gasteiger partial charge in [-0.1, -0.05) is 48.5 Å². The third kappa shape index (κ3) is 3.26. The molecule has 1 aliphatic rings. The summed E-state index contributed by atoms with van der Waals surface area (Å²) >= 11 is 0. The molecular weight excluding hydrogens is 314 g/mol. The van der Waals surface area contributed by atoms with E-state index in [4.69, 9.17) is 4.74 Å².